The van der Waals surface area contributed by atoms with Crippen LogP contribution in [0.1, 0.15) is 26.8 Å². The lowest BCUT2D eigenvalue weighted by Crippen LogP contribution is -2.55. The Balaban J connectivity index is 1.61. The molecule has 1 saturated heterocycles. The molecule has 9 nitrogen and oxygen atoms in total. The first-order valence-electron chi connectivity index (χ1n) is 11.0. The molecule has 0 radical (unpaired) electrons. The van der Waals surface area contributed by atoms with E-state index in [-0.39, 0.29) is 27.7 Å². The lowest BCUT2D eigenvalue weighted by molar-refractivity contribution is -0.139. The second-order valence-electron chi connectivity index (χ2n) is 8.15. The molecule has 37 heavy (non-hydrogen) atoms. The summed E-state index contributed by atoms with van der Waals surface area (Å²) in [5.41, 5.74) is 3.00. The highest BCUT2D eigenvalue weighted by molar-refractivity contribution is 7.19. The molecule has 1 fully saturated rings. The minimum Gasteiger partial charge on any atom is -0.507 e. The second-order valence-corrected chi connectivity index (χ2v) is 9.65. The van der Waals surface area contributed by atoms with Gasteiger partial charge in [-0.3, -0.25) is 19.2 Å². The van der Waals surface area contributed by atoms with E-state index in [1.807, 2.05) is 0 Å². The zero-order valence-electron chi connectivity index (χ0n) is 19.1. The summed E-state index contributed by atoms with van der Waals surface area (Å²) in [5.74, 6) is -5.39. The average Bonchev–Trinajstić information content (AvgIpc) is 3.30. The van der Waals surface area contributed by atoms with Gasteiger partial charge in [-0.15, -0.1) is 11.3 Å². The molecule has 3 aromatic carbocycles. The number of benzene rings is 3. The smallest absolute Gasteiger partial charge is 0.302 e. The van der Waals surface area contributed by atoms with Crippen LogP contribution in [0.4, 0.5) is 5.69 Å². The highest BCUT2D eigenvalue weighted by Crippen LogP contribution is 2.35. The lowest BCUT2D eigenvalue weighted by Gasteiger charge is -2.30. The van der Waals surface area contributed by atoms with Gasteiger partial charge in [-0.25, -0.2) is 15.3 Å². The number of piperidine rings is 1. The number of Topliss-reactive ketones (excluding diaryl/α,β-unsaturated/α-hetero) is 1. The Labute approximate surface area is 219 Å². The number of fused-ring (bicyclic) bond motifs is 1. The first-order valence-corrected chi connectivity index (χ1v) is 12.2. The van der Waals surface area contributed by atoms with E-state index < -0.39 is 29.4 Å². The van der Waals surface area contributed by atoms with Gasteiger partial charge in [0.15, 0.2) is 0 Å². The zero-order valence-corrected chi connectivity index (χ0v) is 20.7. The number of hydrazone groups is 1. The molecule has 0 spiro atoms. The summed E-state index contributed by atoms with van der Waals surface area (Å²) in [5, 5.41) is 14.6. The number of carbonyl (C=O) groups is 4. The van der Waals surface area contributed by atoms with Crippen LogP contribution in [0.2, 0.25) is 5.02 Å². The first-order chi connectivity index (χ1) is 17.8. The number of ketones is 1. The van der Waals surface area contributed by atoms with Crippen LogP contribution in [-0.4, -0.2) is 39.3 Å². The number of imide groups is 1. The summed E-state index contributed by atoms with van der Waals surface area (Å²) >= 11 is 7.17. The van der Waals surface area contributed by atoms with Crippen molar-refractivity contribution in [2.24, 2.45) is 5.10 Å². The number of aromatic nitrogens is 1. The quantitative estimate of drug-likeness (QED) is 0.232. The fourth-order valence-electron chi connectivity index (χ4n) is 3.97. The molecule has 3 amide bonds. The predicted molar refractivity (Wildman–Crippen MR) is 139 cm³/mol. The number of phenolic OH excluding ortho intramolecular Hbond substituents is 1. The molecule has 1 atom stereocenters. The summed E-state index contributed by atoms with van der Waals surface area (Å²) < 4.78 is 0.749. The molecule has 1 aromatic heterocycles. The Morgan fingerprint density at radius 3 is 2.51 bits per heavy atom. The Bertz CT molecular complexity index is 1610. The minimum absolute atomic E-state index is 0.0838. The maximum Gasteiger partial charge on any atom is 0.302 e. The van der Waals surface area contributed by atoms with Crippen LogP contribution in [0, 0.1) is 6.92 Å². The van der Waals surface area contributed by atoms with Crippen molar-refractivity contribution in [3.63, 3.8) is 0 Å². The van der Waals surface area contributed by atoms with Crippen LogP contribution >= 0.6 is 22.9 Å². The van der Waals surface area contributed by atoms with Gasteiger partial charge in [0.1, 0.15) is 22.4 Å². The third-order valence-corrected chi connectivity index (χ3v) is 7.09. The monoisotopic (exact) mass is 532 g/mol. The number of hydrogen-bond donors (Lipinski definition) is 2. The number of para-hydroxylation sites is 2. The van der Waals surface area contributed by atoms with Gasteiger partial charge in [0, 0.05) is 5.02 Å². The maximum atomic E-state index is 13.7. The molecule has 0 aliphatic carbocycles. The van der Waals surface area contributed by atoms with Crippen LogP contribution < -0.4 is 10.3 Å². The number of nitrogens with one attached hydrogen (secondary N) is 1. The van der Waals surface area contributed by atoms with Crippen molar-refractivity contribution in [2.45, 2.75) is 12.8 Å². The highest BCUT2D eigenvalue weighted by atomic mass is 35.5. The molecule has 1 aliphatic heterocycles. The summed E-state index contributed by atoms with van der Waals surface area (Å²) in [4.78, 5) is 58.3. The van der Waals surface area contributed by atoms with Crippen molar-refractivity contribution >= 4 is 68.1 Å². The summed E-state index contributed by atoms with van der Waals surface area (Å²) in [6, 6.07) is 17.4. The second kappa shape index (κ2) is 9.57. The zero-order chi connectivity index (χ0) is 26.3. The Hall–Kier alpha value is -4.41. The van der Waals surface area contributed by atoms with E-state index in [1.54, 1.807) is 49.4 Å². The van der Waals surface area contributed by atoms with Crippen LogP contribution in [-0.2, 0) is 14.4 Å². The van der Waals surface area contributed by atoms with Gasteiger partial charge in [-0.2, -0.15) is 5.10 Å². The number of halogens is 1. The molecular weight excluding hydrogens is 516 g/mol. The number of phenols is 1. The molecule has 184 valence electrons. The number of aromatic hydroxyl groups is 1. The van der Waals surface area contributed by atoms with Crippen LogP contribution in [0.25, 0.3) is 10.2 Å². The standard InChI is InChI=1S/C26H17ClN4O5S/c1-13-12-14(27)10-11-17(13)31-25(35)21(29-30-23(34)15-6-2-4-8-18(15)32)20(22(33)26(31)36)24-28-16-7-3-5-9-19(16)37-24/h2-12,20,32H,1H3,(H,30,34)/b29-21-/t20-/m1/s1. The van der Waals surface area contributed by atoms with Crippen molar-refractivity contribution < 1.29 is 24.3 Å². The molecular formula is C26H17ClN4O5S. The van der Waals surface area contributed by atoms with Crippen LogP contribution in [0.3, 0.4) is 0 Å². The van der Waals surface area contributed by atoms with Gasteiger partial charge >= 0.3 is 5.91 Å². The number of thiazole rings is 1. The number of aryl methyl sites for hydroxylation is 1. The van der Waals surface area contributed by atoms with Gasteiger partial charge in [0.25, 0.3) is 11.8 Å². The van der Waals surface area contributed by atoms with Gasteiger partial charge in [0.2, 0.25) is 5.78 Å². The van der Waals surface area contributed by atoms with E-state index in [0.29, 0.717) is 16.1 Å². The van der Waals surface area contributed by atoms with Crippen LogP contribution in [0.15, 0.2) is 71.8 Å². The van der Waals surface area contributed by atoms with E-state index in [4.69, 9.17) is 11.6 Å². The number of hydrogen-bond acceptors (Lipinski definition) is 8. The van der Waals surface area contributed by atoms with E-state index in [9.17, 15) is 24.3 Å². The number of rotatable bonds is 4. The maximum absolute atomic E-state index is 13.7. The predicted octanol–water partition coefficient (Wildman–Crippen LogP) is 3.98. The fraction of sp³-hybridized carbons (Fsp3) is 0.0769. The van der Waals surface area contributed by atoms with E-state index in [1.165, 1.54) is 24.3 Å². The Morgan fingerprint density at radius 1 is 1.05 bits per heavy atom. The van der Waals surface area contributed by atoms with Gasteiger partial charge < -0.3 is 5.11 Å². The van der Waals surface area contributed by atoms with Gasteiger partial charge in [-0.05, 0) is 55.0 Å². The first kappa shape index (κ1) is 24.3. The molecule has 0 saturated carbocycles. The van der Waals surface area contributed by atoms with Crippen molar-refractivity contribution in [3.05, 3.63) is 87.9 Å². The third kappa shape index (κ3) is 4.37. The average molecular weight is 533 g/mol. The summed E-state index contributed by atoms with van der Waals surface area (Å²) in [6.45, 7) is 1.64. The molecule has 5 rings (SSSR count). The molecule has 0 unspecified atom stereocenters. The SMILES string of the molecule is Cc1cc(Cl)ccc1N1C(=O)C(=O)[C@H](c2nc3ccccc3s2)/C(=N/NC(=O)c2ccccc2O)C1=O. The molecule has 0 bridgehead atoms. The number of carbonyl (C=O) groups excluding carboxylic acids is 4. The highest BCUT2D eigenvalue weighted by Gasteiger charge is 2.49. The van der Waals surface area contributed by atoms with Gasteiger partial charge in [0.05, 0.1) is 21.5 Å². The largest absolute Gasteiger partial charge is 0.507 e. The Kier molecular flexibility index (Phi) is 6.28. The number of anilines is 1. The topological polar surface area (TPSA) is 129 Å². The third-order valence-electron chi connectivity index (χ3n) is 5.76. The van der Waals surface area contributed by atoms with E-state index >= 15 is 0 Å². The van der Waals surface area contributed by atoms with Crippen molar-refractivity contribution in [3.8, 4) is 5.75 Å². The van der Waals surface area contributed by atoms with Gasteiger partial charge in [-0.1, -0.05) is 35.9 Å². The molecule has 4 aromatic rings. The summed E-state index contributed by atoms with van der Waals surface area (Å²) in [7, 11) is 0. The van der Waals surface area contributed by atoms with Crippen LogP contribution in [0.5, 0.6) is 5.75 Å². The Morgan fingerprint density at radius 2 is 1.78 bits per heavy atom. The molecule has 2 heterocycles. The van der Waals surface area contributed by atoms with E-state index in [2.05, 4.69) is 15.5 Å². The van der Waals surface area contributed by atoms with Crippen molar-refractivity contribution in [1.82, 2.24) is 10.4 Å². The lowest BCUT2D eigenvalue weighted by atomic mass is 9.91. The van der Waals surface area contributed by atoms with Crippen molar-refractivity contribution in [1.29, 1.82) is 0 Å². The fourth-order valence-corrected chi connectivity index (χ4v) is 5.27. The number of amides is 3. The molecule has 11 heteroatoms. The normalized spacial score (nSPS) is 17.0. The van der Waals surface area contributed by atoms with E-state index in [0.717, 1.165) is 20.9 Å². The molecule has 1 aliphatic rings. The molecule has 2 N–H and O–H groups in total. The minimum atomic E-state index is -1.43. The number of nitrogens with zero attached hydrogens (tertiary/aromatic N) is 3. The van der Waals surface area contributed by atoms with Crippen molar-refractivity contribution in [2.75, 3.05) is 4.90 Å². The summed E-state index contributed by atoms with van der Waals surface area (Å²) in [6.07, 6.45) is 0.